The summed E-state index contributed by atoms with van der Waals surface area (Å²) in [6.07, 6.45) is -4.06. The summed E-state index contributed by atoms with van der Waals surface area (Å²) >= 11 is 5.62. The molecule has 1 rings (SSSR count). The molecular weight excluding hydrogens is 262 g/mol. The Labute approximate surface area is 99.6 Å². The van der Waals surface area contributed by atoms with Gasteiger partial charge in [0.2, 0.25) is 0 Å². The minimum Gasteiger partial charge on any atom is -0.319 e. The summed E-state index contributed by atoms with van der Waals surface area (Å²) in [5, 5.41) is 1.67. The lowest BCUT2D eigenvalue weighted by Crippen LogP contribution is -2.41. The van der Waals surface area contributed by atoms with Gasteiger partial charge in [-0.1, -0.05) is 17.7 Å². The van der Waals surface area contributed by atoms with Crippen molar-refractivity contribution >= 4 is 23.2 Å². The summed E-state index contributed by atoms with van der Waals surface area (Å²) in [4.78, 5) is 10.9. The van der Waals surface area contributed by atoms with Gasteiger partial charge < -0.3 is 5.32 Å². The summed E-state index contributed by atoms with van der Waals surface area (Å²) < 4.78 is 49.1. The Morgan fingerprint density at radius 2 is 2.00 bits per heavy atom. The number of amides is 1. The van der Waals surface area contributed by atoms with E-state index in [4.69, 9.17) is 11.6 Å². The Kier molecular flexibility index (Phi) is 3.98. The molecule has 17 heavy (non-hydrogen) atoms. The van der Waals surface area contributed by atoms with Crippen molar-refractivity contribution in [3.63, 3.8) is 0 Å². The Morgan fingerprint density at radius 1 is 1.41 bits per heavy atom. The number of nitrogens with one attached hydrogen (secondary N) is 1. The molecule has 0 heterocycles. The summed E-state index contributed by atoms with van der Waals surface area (Å²) in [5.41, 5.74) is 0.516. The fourth-order valence-electron chi connectivity index (χ4n) is 1.04. The number of aryl methyl sites for hydroxylation is 1. The van der Waals surface area contributed by atoms with Gasteiger partial charge in [-0.05, 0) is 24.6 Å². The maximum absolute atomic E-state index is 12.7. The number of rotatable bonds is 3. The van der Waals surface area contributed by atoms with Gasteiger partial charge in [0.15, 0.2) is 0 Å². The van der Waals surface area contributed by atoms with Gasteiger partial charge in [-0.3, -0.25) is 4.79 Å². The van der Waals surface area contributed by atoms with Gasteiger partial charge in [0.25, 0.3) is 0 Å². The van der Waals surface area contributed by atoms with Gasteiger partial charge in [0, 0.05) is 0 Å². The molecule has 94 valence electrons. The third kappa shape index (κ3) is 3.09. The van der Waals surface area contributed by atoms with Gasteiger partial charge in [0.1, 0.15) is 0 Å². The molecule has 1 aromatic carbocycles. The normalized spacial score (nSPS) is 11.7. The smallest absolute Gasteiger partial charge is 0.319 e. The van der Waals surface area contributed by atoms with Gasteiger partial charge in [0.05, 0.1) is 10.7 Å². The monoisotopic (exact) mass is 269 g/mol. The zero-order valence-corrected chi connectivity index (χ0v) is 9.36. The van der Waals surface area contributed by atoms with Crippen molar-refractivity contribution in [2.45, 2.75) is 19.3 Å². The first-order chi connectivity index (χ1) is 7.75. The van der Waals surface area contributed by atoms with E-state index in [1.165, 1.54) is 12.1 Å². The largest absolute Gasteiger partial charge is 0.383 e. The number of alkyl halides is 4. The first kappa shape index (κ1) is 13.8. The first-order valence-corrected chi connectivity index (χ1v) is 4.86. The molecule has 0 aliphatic rings. The maximum atomic E-state index is 12.7. The minimum atomic E-state index is -4.74. The predicted molar refractivity (Wildman–Crippen MR) is 55.8 cm³/mol. The van der Waals surface area contributed by atoms with Crippen LogP contribution in [0.1, 0.15) is 5.56 Å². The highest BCUT2D eigenvalue weighted by molar-refractivity contribution is 6.33. The second-order valence-corrected chi connectivity index (χ2v) is 3.77. The van der Waals surface area contributed by atoms with Crippen LogP contribution in [0.3, 0.4) is 0 Å². The molecule has 1 amide bonds. The third-order valence-electron chi connectivity index (χ3n) is 1.95. The van der Waals surface area contributed by atoms with Crippen LogP contribution in [0, 0.1) is 6.92 Å². The van der Waals surface area contributed by atoms with Crippen LogP contribution < -0.4 is 5.32 Å². The summed E-state index contributed by atoms with van der Waals surface area (Å²) in [5.74, 6) is -6.83. The van der Waals surface area contributed by atoms with Crippen molar-refractivity contribution in [2.75, 3.05) is 5.32 Å². The fraction of sp³-hybridized carbons (Fsp3) is 0.300. The van der Waals surface area contributed by atoms with Crippen LogP contribution in [0.15, 0.2) is 18.2 Å². The Hall–Kier alpha value is -1.30. The number of halogens is 5. The Morgan fingerprint density at radius 3 is 2.53 bits per heavy atom. The van der Waals surface area contributed by atoms with Crippen molar-refractivity contribution < 1.29 is 22.4 Å². The van der Waals surface area contributed by atoms with Gasteiger partial charge in [-0.2, -0.15) is 8.78 Å². The van der Waals surface area contributed by atoms with Crippen molar-refractivity contribution in [1.82, 2.24) is 0 Å². The van der Waals surface area contributed by atoms with E-state index < -0.39 is 18.3 Å². The van der Waals surface area contributed by atoms with Crippen molar-refractivity contribution in [1.29, 1.82) is 0 Å². The quantitative estimate of drug-likeness (QED) is 0.836. The molecule has 1 aromatic rings. The molecule has 0 aliphatic heterocycles. The fourth-order valence-corrected chi connectivity index (χ4v) is 1.20. The van der Waals surface area contributed by atoms with E-state index in [1.807, 2.05) is 0 Å². The van der Waals surface area contributed by atoms with Crippen molar-refractivity contribution in [3.05, 3.63) is 28.8 Å². The average molecular weight is 270 g/mol. The zero-order chi connectivity index (χ0) is 13.2. The van der Waals surface area contributed by atoms with Crippen LogP contribution in [-0.4, -0.2) is 18.3 Å². The molecule has 0 radical (unpaired) electrons. The van der Waals surface area contributed by atoms with Crippen LogP contribution in [-0.2, 0) is 4.79 Å². The third-order valence-corrected chi connectivity index (χ3v) is 2.28. The molecular formula is C10H8ClF4NO. The SMILES string of the molecule is Cc1ccc(Cl)c(NC(=O)C(F)(F)C(F)F)c1. The molecule has 0 saturated heterocycles. The maximum Gasteiger partial charge on any atom is 0.383 e. The van der Waals surface area contributed by atoms with Crippen molar-refractivity contribution in [3.8, 4) is 0 Å². The average Bonchev–Trinajstić information content (AvgIpc) is 2.23. The van der Waals surface area contributed by atoms with Crippen LogP contribution in [0.5, 0.6) is 0 Å². The lowest BCUT2D eigenvalue weighted by Gasteiger charge is -2.15. The minimum absolute atomic E-state index is 0.00554. The van der Waals surface area contributed by atoms with Gasteiger partial charge in [-0.25, -0.2) is 8.78 Å². The molecule has 0 aliphatic carbocycles. The van der Waals surface area contributed by atoms with Crippen LogP contribution >= 0.6 is 11.6 Å². The highest BCUT2D eigenvalue weighted by Crippen LogP contribution is 2.28. The molecule has 0 unspecified atom stereocenters. The van der Waals surface area contributed by atoms with E-state index in [0.29, 0.717) is 5.56 Å². The van der Waals surface area contributed by atoms with E-state index in [-0.39, 0.29) is 10.7 Å². The van der Waals surface area contributed by atoms with E-state index in [2.05, 4.69) is 0 Å². The zero-order valence-electron chi connectivity index (χ0n) is 8.61. The summed E-state index contributed by atoms with van der Waals surface area (Å²) in [6, 6.07) is 4.26. The molecule has 1 N–H and O–H groups in total. The molecule has 0 fully saturated rings. The highest BCUT2D eigenvalue weighted by atomic mass is 35.5. The van der Waals surface area contributed by atoms with Gasteiger partial charge in [-0.15, -0.1) is 0 Å². The van der Waals surface area contributed by atoms with Crippen LogP contribution in [0.4, 0.5) is 23.2 Å². The van der Waals surface area contributed by atoms with Crippen molar-refractivity contribution in [2.24, 2.45) is 0 Å². The number of anilines is 1. The highest BCUT2D eigenvalue weighted by Gasteiger charge is 2.49. The molecule has 0 spiro atoms. The molecule has 0 saturated carbocycles. The number of benzene rings is 1. The lowest BCUT2D eigenvalue weighted by atomic mass is 10.2. The summed E-state index contributed by atoms with van der Waals surface area (Å²) in [7, 11) is 0. The standard InChI is InChI=1S/C10H8ClF4NO/c1-5-2-3-6(11)7(4-5)16-9(17)10(14,15)8(12)13/h2-4,8H,1H3,(H,16,17). The molecule has 0 aromatic heterocycles. The molecule has 7 heteroatoms. The second-order valence-electron chi connectivity index (χ2n) is 3.36. The topological polar surface area (TPSA) is 29.1 Å². The number of carbonyl (C=O) groups excluding carboxylic acids is 1. The van der Waals surface area contributed by atoms with E-state index in [9.17, 15) is 22.4 Å². The molecule has 0 bridgehead atoms. The van der Waals surface area contributed by atoms with E-state index in [1.54, 1.807) is 18.3 Å². The number of carbonyl (C=O) groups is 1. The second kappa shape index (κ2) is 4.91. The van der Waals surface area contributed by atoms with Crippen LogP contribution in [0.25, 0.3) is 0 Å². The van der Waals surface area contributed by atoms with Gasteiger partial charge >= 0.3 is 18.3 Å². The lowest BCUT2D eigenvalue weighted by molar-refractivity contribution is -0.163. The number of hydrogen-bond acceptors (Lipinski definition) is 1. The van der Waals surface area contributed by atoms with E-state index >= 15 is 0 Å². The van der Waals surface area contributed by atoms with Crippen LogP contribution in [0.2, 0.25) is 5.02 Å². The number of hydrogen-bond donors (Lipinski definition) is 1. The Bertz CT molecular complexity index is 436. The molecule has 2 nitrogen and oxygen atoms in total. The molecule has 0 atom stereocenters. The Balaban J connectivity index is 2.92. The summed E-state index contributed by atoms with van der Waals surface area (Å²) in [6.45, 7) is 1.64. The predicted octanol–water partition coefficient (Wildman–Crippen LogP) is 3.49. The first-order valence-electron chi connectivity index (χ1n) is 4.48. The van der Waals surface area contributed by atoms with E-state index in [0.717, 1.165) is 0 Å².